The highest BCUT2D eigenvalue weighted by Crippen LogP contribution is 2.33. The molecule has 0 aliphatic carbocycles. The largest absolute Gasteiger partial charge is 0.477 e. The van der Waals surface area contributed by atoms with Crippen LogP contribution >= 0.6 is 11.3 Å². The maximum absolute atomic E-state index is 11.5. The lowest BCUT2D eigenvalue weighted by molar-refractivity contribution is -0.0881. The molecule has 21 heavy (non-hydrogen) atoms. The van der Waals surface area contributed by atoms with Gasteiger partial charge in [0.05, 0.1) is 12.2 Å². The Hall–Kier alpha value is -1.43. The second-order valence-electron chi connectivity index (χ2n) is 6.03. The van der Waals surface area contributed by atoms with E-state index in [4.69, 9.17) is 4.74 Å². The van der Waals surface area contributed by atoms with Crippen LogP contribution in [-0.2, 0) is 11.3 Å². The second-order valence-corrected chi connectivity index (χ2v) is 7.08. The van der Waals surface area contributed by atoms with Gasteiger partial charge in [0, 0.05) is 24.3 Å². The van der Waals surface area contributed by atoms with E-state index >= 15 is 0 Å². The Balaban J connectivity index is 1.95. The van der Waals surface area contributed by atoms with Crippen LogP contribution in [0, 0.1) is 0 Å². The summed E-state index contributed by atoms with van der Waals surface area (Å²) in [7, 11) is 0. The number of morpholine rings is 1. The molecule has 1 saturated heterocycles. The van der Waals surface area contributed by atoms with Crippen molar-refractivity contribution in [3.63, 3.8) is 0 Å². The molecular formula is C16H19NO3S. The normalized spacial score (nSPS) is 19.0. The second kappa shape index (κ2) is 5.40. The van der Waals surface area contributed by atoms with Gasteiger partial charge in [-0.1, -0.05) is 18.2 Å². The zero-order chi connectivity index (χ0) is 15.0. The van der Waals surface area contributed by atoms with Gasteiger partial charge < -0.3 is 9.84 Å². The smallest absolute Gasteiger partial charge is 0.346 e. The predicted molar refractivity (Wildman–Crippen MR) is 84.1 cm³/mol. The molecule has 3 rings (SSSR count). The van der Waals surface area contributed by atoms with E-state index in [0.29, 0.717) is 18.0 Å². The van der Waals surface area contributed by atoms with Crippen molar-refractivity contribution in [1.82, 2.24) is 4.90 Å². The molecule has 0 bridgehead atoms. The molecule has 1 fully saturated rings. The number of aromatic carboxylic acids is 1. The van der Waals surface area contributed by atoms with E-state index in [0.717, 1.165) is 28.7 Å². The molecule has 0 spiro atoms. The summed E-state index contributed by atoms with van der Waals surface area (Å²) in [4.78, 5) is 14.3. The molecule has 0 unspecified atom stereocenters. The summed E-state index contributed by atoms with van der Waals surface area (Å²) in [5.41, 5.74) is 0.758. The van der Waals surface area contributed by atoms with Crippen LogP contribution in [0.1, 0.15) is 29.1 Å². The first-order valence-electron chi connectivity index (χ1n) is 7.06. The van der Waals surface area contributed by atoms with Crippen molar-refractivity contribution in [3.8, 4) is 0 Å². The van der Waals surface area contributed by atoms with Gasteiger partial charge in [-0.05, 0) is 30.9 Å². The van der Waals surface area contributed by atoms with Crippen LogP contribution in [0.5, 0.6) is 0 Å². The number of hydrogen-bond acceptors (Lipinski definition) is 4. The van der Waals surface area contributed by atoms with Gasteiger partial charge in [0.15, 0.2) is 0 Å². The van der Waals surface area contributed by atoms with Crippen LogP contribution in [0.4, 0.5) is 0 Å². The summed E-state index contributed by atoms with van der Waals surface area (Å²) in [6.45, 7) is 7.16. The molecule has 5 heteroatoms. The quantitative estimate of drug-likeness (QED) is 0.946. The van der Waals surface area contributed by atoms with Crippen molar-refractivity contribution >= 4 is 27.4 Å². The number of thiophene rings is 1. The van der Waals surface area contributed by atoms with Gasteiger partial charge in [0.1, 0.15) is 4.88 Å². The summed E-state index contributed by atoms with van der Waals surface area (Å²) in [5, 5.41) is 10.5. The van der Waals surface area contributed by atoms with E-state index in [1.54, 1.807) is 0 Å². The van der Waals surface area contributed by atoms with Gasteiger partial charge in [-0.15, -0.1) is 11.3 Å². The molecule has 1 aromatic heterocycles. The van der Waals surface area contributed by atoms with Crippen molar-refractivity contribution in [2.24, 2.45) is 0 Å². The third kappa shape index (κ3) is 2.95. The van der Waals surface area contributed by atoms with Crippen LogP contribution in [0.25, 0.3) is 10.1 Å². The Kier molecular flexibility index (Phi) is 3.73. The summed E-state index contributed by atoms with van der Waals surface area (Å²) in [5.74, 6) is -0.835. The van der Waals surface area contributed by atoms with Crippen molar-refractivity contribution < 1.29 is 14.6 Å². The van der Waals surface area contributed by atoms with Crippen LogP contribution in [-0.4, -0.2) is 41.3 Å². The van der Waals surface area contributed by atoms with Crippen LogP contribution < -0.4 is 0 Å². The fraction of sp³-hybridized carbons (Fsp3) is 0.438. The van der Waals surface area contributed by atoms with E-state index in [-0.39, 0.29) is 5.60 Å². The summed E-state index contributed by atoms with van der Waals surface area (Å²) in [6, 6.07) is 7.91. The highest BCUT2D eigenvalue weighted by Gasteiger charge is 2.29. The van der Waals surface area contributed by atoms with Crippen LogP contribution in [0.15, 0.2) is 24.3 Å². The van der Waals surface area contributed by atoms with Gasteiger partial charge in [-0.3, -0.25) is 4.90 Å². The number of hydrogen-bond donors (Lipinski definition) is 1. The third-order valence-electron chi connectivity index (χ3n) is 3.78. The highest BCUT2D eigenvalue weighted by atomic mass is 32.1. The molecule has 0 amide bonds. The molecule has 1 aliphatic rings. The lowest BCUT2D eigenvalue weighted by Gasteiger charge is -2.38. The Bertz CT molecular complexity index is 677. The summed E-state index contributed by atoms with van der Waals surface area (Å²) < 4.78 is 6.76. The van der Waals surface area contributed by atoms with Gasteiger partial charge in [-0.2, -0.15) is 0 Å². The van der Waals surface area contributed by atoms with E-state index in [2.05, 4.69) is 18.7 Å². The first kappa shape index (κ1) is 14.5. The molecule has 2 aromatic rings. The molecule has 1 N–H and O–H groups in total. The lowest BCUT2D eigenvalue weighted by atomic mass is 10.1. The number of carbonyl (C=O) groups is 1. The van der Waals surface area contributed by atoms with E-state index in [1.165, 1.54) is 11.3 Å². The topological polar surface area (TPSA) is 49.8 Å². The fourth-order valence-electron chi connectivity index (χ4n) is 2.90. The Morgan fingerprint density at radius 1 is 1.43 bits per heavy atom. The van der Waals surface area contributed by atoms with Crippen LogP contribution in [0.2, 0.25) is 0 Å². The molecule has 1 aromatic carbocycles. The predicted octanol–water partition coefficient (Wildman–Crippen LogP) is 3.21. The molecular weight excluding hydrogens is 286 g/mol. The average molecular weight is 305 g/mol. The van der Waals surface area contributed by atoms with Gasteiger partial charge in [0.2, 0.25) is 0 Å². The highest BCUT2D eigenvalue weighted by molar-refractivity contribution is 7.21. The fourth-order valence-corrected chi connectivity index (χ4v) is 3.95. The van der Waals surface area contributed by atoms with Gasteiger partial charge >= 0.3 is 5.97 Å². The zero-order valence-corrected chi connectivity index (χ0v) is 13.1. The SMILES string of the molecule is CC1(C)CN(Cc2c(C(=O)O)sc3ccccc23)CCO1. The average Bonchev–Trinajstić information content (AvgIpc) is 2.77. The van der Waals surface area contributed by atoms with Crippen molar-refractivity contribution in [2.45, 2.75) is 26.0 Å². The maximum atomic E-state index is 11.5. The zero-order valence-electron chi connectivity index (χ0n) is 12.3. The molecule has 4 nitrogen and oxygen atoms in total. The maximum Gasteiger partial charge on any atom is 0.346 e. The van der Waals surface area contributed by atoms with Crippen LogP contribution in [0.3, 0.4) is 0 Å². The Labute approximate surface area is 127 Å². The number of carboxylic acids is 1. The Morgan fingerprint density at radius 2 is 2.19 bits per heavy atom. The van der Waals surface area contributed by atoms with Crippen molar-refractivity contribution in [1.29, 1.82) is 0 Å². The van der Waals surface area contributed by atoms with E-state index in [9.17, 15) is 9.90 Å². The van der Waals surface area contributed by atoms with Crippen molar-refractivity contribution in [2.75, 3.05) is 19.7 Å². The number of carboxylic acid groups (broad SMARTS) is 1. The van der Waals surface area contributed by atoms with Gasteiger partial charge in [0.25, 0.3) is 0 Å². The Morgan fingerprint density at radius 3 is 2.90 bits per heavy atom. The third-order valence-corrected chi connectivity index (χ3v) is 4.98. The lowest BCUT2D eigenvalue weighted by Crippen LogP contribution is -2.47. The molecule has 2 heterocycles. The minimum atomic E-state index is -0.835. The van der Waals surface area contributed by atoms with E-state index in [1.807, 2.05) is 24.3 Å². The molecule has 112 valence electrons. The standard InChI is InChI=1S/C16H19NO3S/c1-16(2)10-17(7-8-20-16)9-12-11-5-3-4-6-13(11)21-14(12)15(18)19/h3-6H,7-10H2,1-2H3,(H,18,19). The summed E-state index contributed by atoms with van der Waals surface area (Å²) >= 11 is 1.36. The molecule has 0 radical (unpaired) electrons. The minimum absolute atomic E-state index is 0.173. The summed E-state index contributed by atoms with van der Waals surface area (Å²) in [6.07, 6.45) is 0. The minimum Gasteiger partial charge on any atom is -0.477 e. The number of benzene rings is 1. The molecule has 1 aliphatic heterocycles. The number of rotatable bonds is 3. The van der Waals surface area contributed by atoms with E-state index < -0.39 is 5.97 Å². The number of fused-ring (bicyclic) bond motifs is 1. The first-order chi connectivity index (χ1) is 9.96. The van der Waals surface area contributed by atoms with Gasteiger partial charge in [-0.25, -0.2) is 4.79 Å². The number of nitrogens with zero attached hydrogens (tertiary/aromatic N) is 1. The molecule has 0 atom stereocenters. The monoisotopic (exact) mass is 305 g/mol. The number of ether oxygens (including phenoxy) is 1. The molecule has 0 saturated carbocycles. The first-order valence-corrected chi connectivity index (χ1v) is 7.88. The van der Waals surface area contributed by atoms with Crippen molar-refractivity contribution in [3.05, 3.63) is 34.7 Å².